The van der Waals surface area contributed by atoms with Crippen LogP contribution in [0, 0.1) is 5.92 Å². The van der Waals surface area contributed by atoms with E-state index in [2.05, 4.69) is 4.90 Å². The van der Waals surface area contributed by atoms with Crippen molar-refractivity contribution in [2.45, 2.75) is 20.4 Å². The summed E-state index contributed by atoms with van der Waals surface area (Å²) in [4.78, 5) is 25.1. The predicted octanol–water partition coefficient (Wildman–Crippen LogP) is 2.13. The highest BCUT2D eigenvalue weighted by Crippen LogP contribution is 2.08. The third-order valence-corrected chi connectivity index (χ3v) is 2.68. The molecule has 0 N–H and O–H groups in total. The number of ketones is 1. The number of benzene rings is 1. The number of rotatable bonds is 6. The van der Waals surface area contributed by atoms with E-state index >= 15 is 0 Å². The van der Waals surface area contributed by atoms with Gasteiger partial charge in [0, 0.05) is 12.5 Å². The Morgan fingerprint density at radius 3 is 2.21 bits per heavy atom. The van der Waals surface area contributed by atoms with Gasteiger partial charge in [-0.05, 0) is 31.8 Å². The van der Waals surface area contributed by atoms with Crippen molar-refractivity contribution in [3.63, 3.8) is 0 Å². The average molecular weight is 263 g/mol. The molecule has 19 heavy (non-hydrogen) atoms. The molecule has 0 aliphatic carbocycles. The van der Waals surface area contributed by atoms with E-state index in [0.29, 0.717) is 5.56 Å². The van der Waals surface area contributed by atoms with Gasteiger partial charge in [0.2, 0.25) is 0 Å². The summed E-state index contributed by atoms with van der Waals surface area (Å²) in [6, 6.07) is 7.23. The zero-order valence-electron chi connectivity index (χ0n) is 12.0. The van der Waals surface area contributed by atoms with Crippen LogP contribution in [0.5, 0.6) is 0 Å². The highest BCUT2D eigenvalue weighted by molar-refractivity contribution is 5.91. The number of carbonyl (C=O) groups excluding carboxylic acids is 2. The summed E-state index contributed by atoms with van der Waals surface area (Å²) >= 11 is 0. The van der Waals surface area contributed by atoms with Crippen LogP contribution in [0.1, 0.15) is 29.8 Å². The lowest BCUT2D eigenvalue weighted by Crippen LogP contribution is -2.18. The van der Waals surface area contributed by atoms with E-state index < -0.39 is 5.97 Å². The van der Waals surface area contributed by atoms with E-state index in [1.54, 1.807) is 26.0 Å². The number of esters is 1. The number of hydrogen-bond donors (Lipinski definition) is 0. The summed E-state index contributed by atoms with van der Waals surface area (Å²) in [6.07, 6.45) is 0. The van der Waals surface area contributed by atoms with Crippen molar-refractivity contribution in [3.8, 4) is 0 Å². The molecule has 0 atom stereocenters. The Morgan fingerprint density at radius 1 is 1.16 bits per heavy atom. The Morgan fingerprint density at radius 2 is 1.74 bits per heavy atom. The highest BCUT2D eigenvalue weighted by Gasteiger charge is 2.12. The molecule has 0 aromatic heterocycles. The molecular weight excluding hydrogens is 242 g/mol. The maximum Gasteiger partial charge on any atom is 0.338 e. The van der Waals surface area contributed by atoms with Crippen molar-refractivity contribution in [1.29, 1.82) is 0 Å². The molecule has 104 valence electrons. The number of carbonyl (C=O) groups is 2. The maximum atomic E-state index is 11.7. The molecular formula is C15H21NO3. The topological polar surface area (TPSA) is 46.6 Å². The fourth-order valence-corrected chi connectivity index (χ4v) is 1.50. The number of nitrogens with zero attached hydrogens (tertiary/aromatic N) is 1. The second-order valence-electron chi connectivity index (χ2n) is 5.13. The third kappa shape index (κ3) is 5.22. The van der Waals surface area contributed by atoms with Gasteiger partial charge in [0.05, 0.1) is 5.56 Å². The minimum Gasteiger partial charge on any atom is -0.454 e. The summed E-state index contributed by atoms with van der Waals surface area (Å²) in [6.45, 7) is 4.23. The zero-order valence-corrected chi connectivity index (χ0v) is 12.0. The Hall–Kier alpha value is -1.68. The van der Waals surface area contributed by atoms with Crippen LogP contribution in [-0.4, -0.2) is 37.4 Å². The first-order chi connectivity index (χ1) is 8.90. The van der Waals surface area contributed by atoms with Crippen LogP contribution < -0.4 is 0 Å². The number of ether oxygens (including phenoxy) is 1. The molecule has 1 rings (SSSR count). The quantitative estimate of drug-likeness (QED) is 0.738. The third-order valence-electron chi connectivity index (χ3n) is 2.68. The van der Waals surface area contributed by atoms with Crippen LogP contribution >= 0.6 is 0 Å². The van der Waals surface area contributed by atoms with Crippen LogP contribution in [-0.2, 0) is 16.1 Å². The molecule has 0 aliphatic heterocycles. The lowest BCUT2D eigenvalue weighted by Gasteiger charge is -2.10. The molecule has 0 spiro atoms. The van der Waals surface area contributed by atoms with Gasteiger partial charge in [0.15, 0.2) is 12.4 Å². The smallest absolute Gasteiger partial charge is 0.338 e. The summed E-state index contributed by atoms with van der Waals surface area (Å²) in [5.74, 6) is -0.641. The van der Waals surface area contributed by atoms with Gasteiger partial charge in [-0.2, -0.15) is 0 Å². The average Bonchev–Trinajstić information content (AvgIpc) is 2.35. The van der Waals surface area contributed by atoms with E-state index in [9.17, 15) is 9.59 Å². The van der Waals surface area contributed by atoms with Gasteiger partial charge in [-0.25, -0.2) is 4.79 Å². The zero-order chi connectivity index (χ0) is 14.4. The van der Waals surface area contributed by atoms with Crippen LogP contribution in [0.4, 0.5) is 0 Å². The van der Waals surface area contributed by atoms with E-state index in [1.807, 2.05) is 26.2 Å². The lowest BCUT2D eigenvalue weighted by atomic mass is 10.1. The molecule has 0 aliphatic rings. The van der Waals surface area contributed by atoms with Gasteiger partial charge in [0.25, 0.3) is 0 Å². The molecule has 1 aromatic carbocycles. The maximum absolute atomic E-state index is 11.7. The first kappa shape index (κ1) is 15.4. The standard InChI is InChI=1S/C15H21NO3/c1-11(2)14(17)10-19-15(18)13-7-5-12(6-8-13)9-16(3)4/h5-8,11H,9-10H2,1-4H3. The molecule has 4 heteroatoms. The van der Waals surface area contributed by atoms with Gasteiger partial charge in [-0.3, -0.25) is 4.79 Å². The largest absolute Gasteiger partial charge is 0.454 e. The Labute approximate surface area is 114 Å². The predicted molar refractivity (Wildman–Crippen MR) is 74.0 cm³/mol. The first-order valence-electron chi connectivity index (χ1n) is 6.33. The number of hydrogen-bond acceptors (Lipinski definition) is 4. The molecule has 1 aromatic rings. The second kappa shape index (κ2) is 7.04. The molecule has 0 heterocycles. The normalized spacial score (nSPS) is 10.8. The number of Topliss-reactive ketones (excluding diaryl/α,β-unsaturated/α-hetero) is 1. The van der Waals surface area contributed by atoms with Crippen LogP contribution in [0.3, 0.4) is 0 Å². The van der Waals surface area contributed by atoms with Crippen LogP contribution in [0.25, 0.3) is 0 Å². The minimum atomic E-state index is -0.453. The first-order valence-corrected chi connectivity index (χ1v) is 6.33. The van der Waals surface area contributed by atoms with Gasteiger partial charge in [-0.15, -0.1) is 0 Å². The van der Waals surface area contributed by atoms with Crippen molar-refractivity contribution < 1.29 is 14.3 Å². The van der Waals surface area contributed by atoms with E-state index in [0.717, 1.165) is 12.1 Å². The monoisotopic (exact) mass is 263 g/mol. The summed E-state index contributed by atoms with van der Waals surface area (Å²) < 4.78 is 4.97. The minimum absolute atomic E-state index is 0.0717. The van der Waals surface area contributed by atoms with Crippen molar-refractivity contribution >= 4 is 11.8 Å². The van der Waals surface area contributed by atoms with Crippen molar-refractivity contribution in [2.75, 3.05) is 20.7 Å². The molecule has 0 saturated heterocycles. The summed E-state index contributed by atoms with van der Waals surface area (Å²) in [7, 11) is 3.97. The molecule has 4 nitrogen and oxygen atoms in total. The fourth-order valence-electron chi connectivity index (χ4n) is 1.50. The van der Waals surface area contributed by atoms with E-state index in [1.165, 1.54) is 0 Å². The molecule has 0 bridgehead atoms. The van der Waals surface area contributed by atoms with Gasteiger partial charge >= 0.3 is 5.97 Å². The van der Waals surface area contributed by atoms with Crippen LogP contribution in [0.15, 0.2) is 24.3 Å². The molecule has 0 amide bonds. The molecule has 0 fully saturated rings. The second-order valence-corrected chi connectivity index (χ2v) is 5.13. The van der Waals surface area contributed by atoms with Crippen molar-refractivity contribution in [1.82, 2.24) is 4.90 Å². The van der Waals surface area contributed by atoms with Crippen molar-refractivity contribution in [2.24, 2.45) is 5.92 Å². The Bertz CT molecular complexity index is 435. The Balaban J connectivity index is 2.56. The van der Waals surface area contributed by atoms with Gasteiger partial charge < -0.3 is 9.64 Å². The highest BCUT2D eigenvalue weighted by atomic mass is 16.5. The lowest BCUT2D eigenvalue weighted by molar-refractivity contribution is -0.125. The van der Waals surface area contributed by atoms with Crippen LogP contribution in [0.2, 0.25) is 0 Å². The fraction of sp³-hybridized carbons (Fsp3) is 0.467. The molecule has 0 unspecified atom stereocenters. The van der Waals surface area contributed by atoms with Gasteiger partial charge in [-0.1, -0.05) is 26.0 Å². The summed E-state index contributed by atoms with van der Waals surface area (Å²) in [5.41, 5.74) is 1.60. The molecule has 0 radical (unpaired) electrons. The summed E-state index contributed by atoms with van der Waals surface area (Å²) in [5, 5.41) is 0. The molecule has 0 saturated carbocycles. The Kier molecular flexibility index (Phi) is 5.70. The van der Waals surface area contributed by atoms with E-state index in [4.69, 9.17) is 4.74 Å². The van der Waals surface area contributed by atoms with Gasteiger partial charge in [0.1, 0.15) is 0 Å². The van der Waals surface area contributed by atoms with E-state index in [-0.39, 0.29) is 18.3 Å². The SMILES string of the molecule is CC(C)C(=O)COC(=O)c1ccc(CN(C)C)cc1. The van der Waals surface area contributed by atoms with Crippen molar-refractivity contribution in [3.05, 3.63) is 35.4 Å².